The van der Waals surface area contributed by atoms with Gasteiger partial charge in [0.15, 0.2) is 0 Å². The quantitative estimate of drug-likeness (QED) is 0.709. The van der Waals surface area contributed by atoms with Crippen molar-refractivity contribution in [2.75, 3.05) is 19.5 Å². The van der Waals surface area contributed by atoms with E-state index in [-0.39, 0.29) is 17.8 Å². The Kier molecular flexibility index (Phi) is 5.18. The number of thioether (sulfide) groups is 1. The first-order chi connectivity index (χ1) is 13.2. The monoisotopic (exact) mass is 384 g/mol. The normalized spacial score (nSPS) is 16.3. The van der Waals surface area contributed by atoms with Crippen molar-refractivity contribution >= 4 is 28.6 Å². The Balaban J connectivity index is 1.64. The number of ether oxygens (including phenoxy) is 1. The van der Waals surface area contributed by atoms with Crippen LogP contribution in [0.15, 0.2) is 53.6 Å². The fraction of sp³-hybridized carbons (Fsp3) is 0.286. The zero-order valence-corrected chi connectivity index (χ0v) is 15.9. The number of nitrogens with one attached hydrogen (secondary N) is 1. The number of para-hydroxylation sites is 1. The van der Waals surface area contributed by atoms with Gasteiger partial charge < -0.3 is 14.6 Å². The number of halogens is 1. The van der Waals surface area contributed by atoms with E-state index in [1.54, 1.807) is 24.9 Å². The zero-order chi connectivity index (χ0) is 18.8. The third kappa shape index (κ3) is 3.59. The van der Waals surface area contributed by atoms with Crippen LogP contribution in [0.3, 0.4) is 0 Å². The Hall–Kier alpha value is -2.31. The molecular formula is C21H21FN2O2S. The fourth-order valence-corrected chi connectivity index (χ4v) is 4.66. The summed E-state index contributed by atoms with van der Waals surface area (Å²) in [5, 5.41) is 4.03. The average molecular weight is 384 g/mol. The van der Waals surface area contributed by atoms with Crippen LogP contribution in [-0.4, -0.2) is 29.9 Å². The molecule has 27 heavy (non-hydrogen) atoms. The molecule has 0 bridgehead atoms. The molecule has 1 aromatic heterocycles. The van der Waals surface area contributed by atoms with Crippen LogP contribution in [0.4, 0.5) is 4.39 Å². The number of hydrogen-bond acceptors (Lipinski definition) is 3. The highest BCUT2D eigenvalue weighted by atomic mass is 32.2. The van der Waals surface area contributed by atoms with Gasteiger partial charge >= 0.3 is 0 Å². The van der Waals surface area contributed by atoms with Crippen molar-refractivity contribution in [2.24, 2.45) is 0 Å². The molecule has 1 amide bonds. The minimum atomic E-state index is -0.272. The van der Waals surface area contributed by atoms with Gasteiger partial charge in [0.05, 0.1) is 18.2 Å². The van der Waals surface area contributed by atoms with Crippen LogP contribution in [0.1, 0.15) is 28.4 Å². The molecular weight excluding hydrogens is 363 g/mol. The molecule has 0 saturated carbocycles. The maximum absolute atomic E-state index is 13.7. The van der Waals surface area contributed by atoms with Gasteiger partial charge in [-0.3, -0.25) is 4.79 Å². The molecule has 0 spiro atoms. The summed E-state index contributed by atoms with van der Waals surface area (Å²) in [7, 11) is 1.66. The van der Waals surface area contributed by atoms with Gasteiger partial charge in [-0.2, -0.15) is 0 Å². The summed E-state index contributed by atoms with van der Waals surface area (Å²) in [6.07, 6.45) is 2.66. The van der Waals surface area contributed by atoms with E-state index in [4.69, 9.17) is 4.74 Å². The van der Waals surface area contributed by atoms with Crippen LogP contribution in [-0.2, 0) is 11.3 Å². The molecule has 0 saturated heterocycles. The van der Waals surface area contributed by atoms with E-state index in [1.807, 2.05) is 35.0 Å². The van der Waals surface area contributed by atoms with Crippen molar-refractivity contribution < 1.29 is 13.9 Å². The van der Waals surface area contributed by atoms with E-state index in [0.717, 1.165) is 33.5 Å². The molecule has 1 unspecified atom stereocenters. The molecule has 4 nitrogen and oxygen atoms in total. The van der Waals surface area contributed by atoms with E-state index in [9.17, 15) is 9.18 Å². The lowest BCUT2D eigenvalue weighted by Gasteiger charge is -2.26. The molecule has 1 aliphatic rings. The number of methoxy groups -OCH3 is 1. The highest BCUT2D eigenvalue weighted by Gasteiger charge is 2.24. The van der Waals surface area contributed by atoms with Crippen LogP contribution in [0.5, 0.6) is 0 Å². The minimum absolute atomic E-state index is 0.130. The van der Waals surface area contributed by atoms with Crippen molar-refractivity contribution in [1.82, 2.24) is 9.88 Å². The predicted molar refractivity (Wildman–Crippen MR) is 106 cm³/mol. The second kappa shape index (κ2) is 7.74. The van der Waals surface area contributed by atoms with Gasteiger partial charge in [-0.1, -0.05) is 18.2 Å². The standard InChI is InChI=1S/C21H21FN2O2S/c1-26-10-9-24-13-17(15-4-2-3-5-19(15)24)21(25)23-18-8-11-27-20-7-6-14(22)12-16(18)20/h2-7,12-13,18H,8-11H2,1H3,(H,23,25). The first-order valence-electron chi connectivity index (χ1n) is 8.97. The summed E-state index contributed by atoms with van der Waals surface area (Å²) in [4.78, 5) is 14.1. The van der Waals surface area contributed by atoms with E-state index < -0.39 is 0 Å². The SMILES string of the molecule is COCCn1cc(C(=O)NC2CCSc3ccc(F)cc32)c2ccccc21. The van der Waals surface area contributed by atoms with Crippen LogP contribution >= 0.6 is 11.8 Å². The van der Waals surface area contributed by atoms with E-state index in [2.05, 4.69) is 5.32 Å². The van der Waals surface area contributed by atoms with Crippen LogP contribution in [0.25, 0.3) is 10.9 Å². The van der Waals surface area contributed by atoms with Gasteiger partial charge in [0, 0.05) is 41.4 Å². The molecule has 0 radical (unpaired) electrons. The number of nitrogens with zero attached hydrogens (tertiary/aromatic N) is 1. The van der Waals surface area contributed by atoms with Crippen molar-refractivity contribution in [3.05, 3.63) is 65.6 Å². The summed E-state index contributed by atoms with van der Waals surface area (Å²) < 4.78 is 20.9. The highest BCUT2D eigenvalue weighted by molar-refractivity contribution is 7.99. The molecule has 3 aromatic rings. The number of carbonyl (C=O) groups excluding carboxylic acids is 1. The number of hydrogen-bond donors (Lipinski definition) is 1. The third-order valence-electron chi connectivity index (χ3n) is 4.89. The zero-order valence-electron chi connectivity index (χ0n) is 15.1. The van der Waals surface area contributed by atoms with Gasteiger partial charge in [0.2, 0.25) is 0 Å². The molecule has 6 heteroatoms. The van der Waals surface area contributed by atoms with E-state index in [1.165, 1.54) is 12.1 Å². The maximum atomic E-state index is 13.7. The Labute approximate surface area is 161 Å². The molecule has 2 aromatic carbocycles. The average Bonchev–Trinajstić information content (AvgIpc) is 3.06. The third-order valence-corrected chi connectivity index (χ3v) is 6.01. The Morgan fingerprint density at radius 1 is 1.33 bits per heavy atom. The summed E-state index contributed by atoms with van der Waals surface area (Å²) in [6, 6.07) is 12.5. The van der Waals surface area contributed by atoms with Crippen molar-refractivity contribution in [3.63, 3.8) is 0 Å². The second-order valence-corrected chi connectivity index (χ2v) is 7.73. The van der Waals surface area contributed by atoms with Gasteiger partial charge in [-0.25, -0.2) is 4.39 Å². The molecule has 1 N–H and O–H groups in total. The van der Waals surface area contributed by atoms with Gasteiger partial charge in [0.25, 0.3) is 5.91 Å². The summed E-state index contributed by atoms with van der Waals surface area (Å²) in [5.41, 5.74) is 2.51. The molecule has 0 aliphatic carbocycles. The lowest BCUT2D eigenvalue weighted by Crippen LogP contribution is -2.30. The molecule has 4 rings (SSSR count). The van der Waals surface area contributed by atoms with Gasteiger partial charge in [0.1, 0.15) is 5.82 Å². The summed E-state index contributed by atoms with van der Waals surface area (Å²) in [5.74, 6) is 0.500. The largest absolute Gasteiger partial charge is 0.383 e. The number of fused-ring (bicyclic) bond motifs is 2. The predicted octanol–water partition coefficient (Wildman–Crippen LogP) is 4.39. The van der Waals surface area contributed by atoms with Gasteiger partial charge in [-0.15, -0.1) is 11.8 Å². The van der Waals surface area contributed by atoms with Crippen molar-refractivity contribution in [1.29, 1.82) is 0 Å². The van der Waals surface area contributed by atoms with E-state index in [0.29, 0.717) is 18.7 Å². The van der Waals surface area contributed by atoms with E-state index >= 15 is 0 Å². The lowest BCUT2D eigenvalue weighted by molar-refractivity contribution is 0.0936. The van der Waals surface area contributed by atoms with Gasteiger partial charge in [-0.05, 0) is 36.2 Å². The Bertz CT molecular complexity index is 985. The summed E-state index contributed by atoms with van der Waals surface area (Å²) >= 11 is 1.70. The number of rotatable bonds is 5. The van der Waals surface area contributed by atoms with Crippen LogP contribution in [0.2, 0.25) is 0 Å². The van der Waals surface area contributed by atoms with Crippen molar-refractivity contribution in [3.8, 4) is 0 Å². The highest BCUT2D eigenvalue weighted by Crippen LogP contribution is 2.36. The smallest absolute Gasteiger partial charge is 0.253 e. The first kappa shape index (κ1) is 18.1. The molecule has 2 heterocycles. The topological polar surface area (TPSA) is 43.3 Å². The summed E-state index contributed by atoms with van der Waals surface area (Å²) in [6.45, 7) is 1.25. The first-order valence-corrected chi connectivity index (χ1v) is 9.96. The number of amides is 1. The number of aromatic nitrogens is 1. The van der Waals surface area contributed by atoms with Crippen LogP contribution in [0, 0.1) is 5.82 Å². The fourth-order valence-electron chi connectivity index (χ4n) is 3.55. The molecule has 140 valence electrons. The minimum Gasteiger partial charge on any atom is -0.383 e. The Morgan fingerprint density at radius 3 is 3.04 bits per heavy atom. The molecule has 1 aliphatic heterocycles. The molecule has 0 fully saturated rings. The molecule has 1 atom stereocenters. The van der Waals surface area contributed by atoms with Crippen molar-refractivity contribution in [2.45, 2.75) is 23.9 Å². The Morgan fingerprint density at radius 2 is 2.19 bits per heavy atom. The lowest BCUT2D eigenvalue weighted by atomic mass is 10.0. The number of benzene rings is 2. The maximum Gasteiger partial charge on any atom is 0.253 e. The second-order valence-electron chi connectivity index (χ2n) is 6.59. The number of carbonyl (C=O) groups is 1. The van der Waals surface area contributed by atoms with Crippen LogP contribution < -0.4 is 5.32 Å².